The number of nitrogens with zero attached hydrogens (tertiary/aromatic N) is 1. The van der Waals surface area contributed by atoms with Gasteiger partial charge in [-0.05, 0) is 24.6 Å². The van der Waals surface area contributed by atoms with E-state index in [0.717, 1.165) is 10.0 Å². The molecule has 1 saturated heterocycles. The summed E-state index contributed by atoms with van der Waals surface area (Å²) in [6.45, 7) is 2.92. The second kappa shape index (κ2) is 6.50. The molecule has 2 unspecified atom stereocenters. The van der Waals surface area contributed by atoms with Gasteiger partial charge in [0.1, 0.15) is 0 Å². The lowest BCUT2D eigenvalue weighted by atomic mass is 10.1. The number of carbonyl (C=O) groups excluding carboxylic acids is 1. The Morgan fingerprint density at radius 2 is 2.32 bits per heavy atom. The Labute approximate surface area is 121 Å². The number of carbonyl (C=O) groups is 1. The van der Waals surface area contributed by atoms with Crippen LogP contribution in [0.2, 0.25) is 0 Å². The molecule has 0 spiro atoms. The fraction of sp³-hybridized carbons (Fsp3) is 0.500. The summed E-state index contributed by atoms with van der Waals surface area (Å²) in [4.78, 5) is 14.0. The van der Waals surface area contributed by atoms with Crippen molar-refractivity contribution in [3.05, 3.63) is 34.3 Å². The van der Waals surface area contributed by atoms with Crippen LogP contribution in [-0.4, -0.2) is 47.8 Å². The lowest BCUT2D eigenvalue weighted by Gasteiger charge is -2.36. The van der Waals surface area contributed by atoms with E-state index in [2.05, 4.69) is 15.9 Å². The third kappa shape index (κ3) is 4.03. The lowest BCUT2D eigenvalue weighted by molar-refractivity contribution is -0.146. The molecule has 1 N–H and O–H groups in total. The number of amides is 1. The molecule has 19 heavy (non-hydrogen) atoms. The molecule has 1 aliphatic heterocycles. The normalized spacial score (nSPS) is 23.4. The van der Waals surface area contributed by atoms with Crippen LogP contribution in [0.4, 0.5) is 0 Å². The van der Waals surface area contributed by atoms with Gasteiger partial charge in [0.25, 0.3) is 0 Å². The van der Waals surface area contributed by atoms with Crippen molar-refractivity contribution in [1.82, 2.24) is 4.90 Å². The lowest BCUT2D eigenvalue weighted by Crippen LogP contribution is -2.50. The molecule has 2 atom stereocenters. The molecule has 0 aromatic heterocycles. The molecule has 0 saturated carbocycles. The molecule has 1 aromatic carbocycles. The quantitative estimate of drug-likeness (QED) is 0.917. The third-order valence-electron chi connectivity index (χ3n) is 3.13. The van der Waals surface area contributed by atoms with Gasteiger partial charge in [0.15, 0.2) is 0 Å². The van der Waals surface area contributed by atoms with Gasteiger partial charge in [0.05, 0.1) is 25.2 Å². The summed E-state index contributed by atoms with van der Waals surface area (Å²) in [7, 11) is 0. The van der Waals surface area contributed by atoms with E-state index in [9.17, 15) is 4.79 Å². The summed E-state index contributed by atoms with van der Waals surface area (Å²) in [6, 6.07) is 7.75. The topological polar surface area (TPSA) is 49.8 Å². The van der Waals surface area contributed by atoms with Gasteiger partial charge in [-0.2, -0.15) is 0 Å². The van der Waals surface area contributed by atoms with Crippen molar-refractivity contribution in [2.45, 2.75) is 25.6 Å². The molecule has 1 aliphatic rings. The number of hydrogen-bond acceptors (Lipinski definition) is 3. The van der Waals surface area contributed by atoms with E-state index < -0.39 is 0 Å². The Kier molecular flexibility index (Phi) is 4.96. The van der Waals surface area contributed by atoms with Crippen molar-refractivity contribution in [3.63, 3.8) is 0 Å². The van der Waals surface area contributed by atoms with Crippen molar-refractivity contribution in [2.75, 3.05) is 19.7 Å². The highest BCUT2D eigenvalue weighted by Crippen LogP contribution is 2.15. The summed E-state index contributed by atoms with van der Waals surface area (Å²) >= 11 is 3.40. The molecule has 1 aromatic rings. The molecule has 0 bridgehead atoms. The molecule has 1 fully saturated rings. The van der Waals surface area contributed by atoms with Crippen molar-refractivity contribution in [1.29, 1.82) is 0 Å². The predicted molar refractivity (Wildman–Crippen MR) is 75.8 cm³/mol. The highest BCUT2D eigenvalue weighted by Gasteiger charge is 2.27. The molecule has 2 rings (SSSR count). The minimum absolute atomic E-state index is 0.0302. The van der Waals surface area contributed by atoms with Crippen LogP contribution in [-0.2, 0) is 16.0 Å². The van der Waals surface area contributed by atoms with E-state index in [1.807, 2.05) is 31.2 Å². The van der Waals surface area contributed by atoms with E-state index in [-0.39, 0.29) is 24.7 Å². The van der Waals surface area contributed by atoms with Crippen molar-refractivity contribution in [2.24, 2.45) is 0 Å². The van der Waals surface area contributed by atoms with Gasteiger partial charge in [0.2, 0.25) is 5.91 Å². The first kappa shape index (κ1) is 14.5. The van der Waals surface area contributed by atoms with Gasteiger partial charge in [-0.3, -0.25) is 4.79 Å². The van der Waals surface area contributed by atoms with Gasteiger partial charge in [-0.25, -0.2) is 0 Å². The standard InChI is InChI=1S/C14H18BrNO3/c1-10-7-16(8-13(9-17)19-10)14(18)6-11-3-2-4-12(15)5-11/h2-5,10,13,17H,6-9H2,1H3. The van der Waals surface area contributed by atoms with E-state index in [1.165, 1.54) is 0 Å². The average Bonchev–Trinajstić information content (AvgIpc) is 2.38. The summed E-state index contributed by atoms with van der Waals surface area (Å²) in [5.74, 6) is 0.0756. The minimum atomic E-state index is -0.268. The molecule has 104 valence electrons. The summed E-state index contributed by atoms with van der Waals surface area (Å²) in [6.07, 6.45) is 0.0807. The Balaban J connectivity index is 1.99. The number of benzene rings is 1. The maximum atomic E-state index is 12.3. The fourth-order valence-corrected chi connectivity index (χ4v) is 2.73. The van der Waals surface area contributed by atoms with Crippen LogP contribution in [0.5, 0.6) is 0 Å². The van der Waals surface area contributed by atoms with Crippen LogP contribution in [0.1, 0.15) is 12.5 Å². The van der Waals surface area contributed by atoms with Crippen LogP contribution in [0.15, 0.2) is 28.7 Å². The largest absolute Gasteiger partial charge is 0.394 e. The number of morpholine rings is 1. The number of halogens is 1. The predicted octanol–water partition coefficient (Wildman–Crippen LogP) is 1.60. The number of rotatable bonds is 3. The molecule has 1 heterocycles. The second-order valence-corrected chi connectivity index (χ2v) is 5.77. The van der Waals surface area contributed by atoms with Crippen molar-refractivity contribution >= 4 is 21.8 Å². The van der Waals surface area contributed by atoms with Crippen molar-refractivity contribution < 1.29 is 14.6 Å². The number of hydrogen-bond donors (Lipinski definition) is 1. The number of ether oxygens (including phenoxy) is 1. The van der Waals surface area contributed by atoms with Crippen LogP contribution in [0, 0.1) is 0 Å². The maximum absolute atomic E-state index is 12.3. The molecular formula is C14H18BrNO3. The SMILES string of the molecule is CC1CN(C(=O)Cc2cccc(Br)c2)CC(CO)O1. The molecule has 5 heteroatoms. The van der Waals surface area contributed by atoms with Gasteiger partial charge < -0.3 is 14.7 Å². The van der Waals surface area contributed by atoms with E-state index in [0.29, 0.717) is 19.5 Å². The molecular weight excluding hydrogens is 310 g/mol. The van der Waals surface area contributed by atoms with Gasteiger partial charge in [-0.15, -0.1) is 0 Å². The Bertz CT molecular complexity index is 452. The monoisotopic (exact) mass is 327 g/mol. The molecule has 1 amide bonds. The van der Waals surface area contributed by atoms with E-state index in [4.69, 9.17) is 9.84 Å². The molecule has 0 radical (unpaired) electrons. The highest BCUT2D eigenvalue weighted by atomic mass is 79.9. The molecule has 0 aliphatic carbocycles. The van der Waals surface area contributed by atoms with Crippen LogP contribution in [0.25, 0.3) is 0 Å². The van der Waals surface area contributed by atoms with Crippen LogP contribution >= 0.6 is 15.9 Å². The van der Waals surface area contributed by atoms with Crippen LogP contribution in [0.3, 0.4) is 0 Å². The Hall–Kier alpha value is -0.910. The van der Waals surface area contributed by atoms with Crippen molar-refractivity contribution in [3.8, 4) is 0 Å². The zero-order valence-electron chi connectivity index (χ0n) is 10.9. The van der Waals surface area contributed by atoms with Gasteiger partial charge >= 0.3 is 0 Å². The fourth-order valence-electron chi connectivity index (χ4n) is 2.28. The number of aliphatic hydroxyl groups excluding tert-OH is 1. The first-order valence-corrected chi connectivity index (χ1v) is 7.16. The zero-order chi connectivity index (χ0) is 13.8. The summed E-state index contributed by atoms with van der Waals surface area (Å²) in [5, 5.41) is 9.17. The Morgan fingerprint density at radius 3 is 3.00 bits per heavy atom. The Morgan fingerprint density at radius 1 is 1.53 bits per heavy atom. The smallest absolute Gasteiger partial charge is 0.227 e. The molecule has 4 nitrogen and oxygen atoms in total. The van der Waals surface area contributed by atoms with E-state index >= 15 is 0 Å². The maximum Gasteiger partial charge on any atom is 0.227 e. The minimum Gasteiger partial charge on any atom is -0.394 e. The highest BCUT2D eigenvalue weighted by molar-refractivity contribution is 9.10. The summed E-state index contributed by atoms with van der Waals surface area (Å²) in [5.41, 5.74) is 0.985. The second-order valence-electron chi connectivity index (χ2n) is 4.86. The first-order chi connectivity index (χ1) is 9.08. The summed E-state index contributed by atoms with van der Waals surface area (Å²) < 4.78 is 6.51. The first-order valence-electron chi connectivity index (χ1n) is 6.37. The average molecular weight is 328 g/mol. The number of aliphatic hydroxyl groups is 1. The van der Waals surface area contributed by atoms with Gasteiger partial charge in [0, 0.05) is 17.6 Å². The zero-order valence-corrected chi connectivity index (χ0v) is 12.5. The van der Waals surface area contributed by atoms with Crippen LogP contribution < -0.4 is 0 Å². The third-order valence-corrected chi connectivity index (χ3v) is 3.62. The van der Waals surface area contributed by atoms with E-state index in [1.54, 1.807) is 4.90 Å². The van der Waals surface area contributed by atoms with Gasteiger partial charge in [-0.1, -0.05) is 28.1 Å².